The number of carbonyl (C=O) groups excluding carboxylic acids is 2. The first kappa shape index (κ1) is 25.8. The average molecular weight is 564 g/mol. The van der Waals surface area contributed by atoms with Gasteiger partial charge in [-0.1, -0.05) is 59.1 Å². The van der Waals surface area contributed by atoms with Crippen molar-refractivity contribution < 1.29 is 23.8 Å². The Balaban J connectivity index is 1.37. The van der Waals surface area contributed by atoms with Crippen molar-refractivity contribution in [3.05, 3.63) is 86.2 Å². The first-order valence-electron chi connectivity index (χ1n) is 10.3. The minimum atomic E-state index is -0.590. The molecule has 3 aromatic carbocycles. The van der Waals surface area contributed by atoms with Gasteiger partial charge in [-0.25, -0.2) is 10.2 Å². The van der Waals surface area contributed by atoms with Crippen molar-refractivity contribution in [3.8, 4) is 17.2 Å². The smallest absolute Gasteiger partial charge is 0.355 e. The molecule has 0 saturated heterocycles. The van der Waals surface area contributed by atoms with Gasteiger partial charge < -0.3 is 14.2 Å². The molecule has 0 saturated carbocycles. The van der Waals surface area contributed by atoms with Crippen LogP contribution in [0.4, 0.5) is 0 Å². The number of thiophene rings is 1. The van der Waals surface area contributed by atoms with Gasteiger partial charge in [0.2, 0.25) is 0 Å². The van der Waals surface area contributed by atoms with Crippen LogP contribution in [0.15, 0.2) is 65.8 Å². The van der Waals surface area contributed by atoms with Crippen LogP contribution in [0.1, 0.15) is 15.2 Å². The lowest BCUT2D eigenvalue weighted by molar-refractivity contribution is -0.123. The van der Waals surface area contributed by atoms with E-state index in [1.807, 2.05) is 24.3 Å². The van der Waals surface area contributed by atoms with Gasteiger partial charge in [-0.3, -0.25) is 4.79 Å². The second kappa shape index (κ2) is 11.6. The Morgan fingerprint density at radius 3 is 2.56 bits per heavy atom. The number of hydrazone groups is 1. The zero-order chi connectivity index (χ0) is 25.7. The van der Waals surface area contributed by atoms with Crippen LogP contribution in [-0.4, -0.2) is 31.8 Å². The molecule has 0 bridgehead atoms. The van der Waals surface area contributed by atoms with E-state index in [9.17, 15) is 9.59 Å². The summed E-state index contributed by atoms with van der Waals surface area (Å²) in [6.07, 6.45) is 1.40. The number of amides is 1. The monoisotopic (exact) mass is 562 g/mol. The zero-order valence-electron chi connectivity index (χ0n) is 18.6. The third-order valence-electron chi connectivity index (χ3n) is 4.79. The number of halogens is 3. The topological polar surface area (TPSA) is 86.2 Å². The SMILES string of the molecule is COc1cc(/C=N\NC(=O)COc2cccc(Cl)c2Cl)ccc1OC(=O)c1sc2ccccc2c1Cl. The van der Waals surface area contributed by atoms with Gasteiger partial charge in [-0.2, -0.15) is 5.10 Å². The molecule has 1 N–H and O–H groups in total. The molecule has 0 aliphatic rings. The van der Waals surface area contributed by atoms with Crippen LogP contribution >= 0.6 is 46.1 Å². The molecule has 0 spiro atoms. The molecule has 0 unspecified atom stereocenters. The summed E-state index contributed by atoms with van der Waals surface area (Å²) in [6, 6.07) is 17.1. The molecule has 0 aliphatic carbocycles. The standard InChI is InChI=1S/C25H17Cl3N2O5S/c1-33-19-11-14(12-29-30-21(31)13-34-18-7-4-6-16(26)23(18)28)9-10-17(19)35-25(32)24-22(27)15-5-2-3-8-20(15)36-24/h2-12H,13H2,1H3,(H,30,31)/b29-12-. The van der Waals surface area contributed by atoms with Crippen molar-refractivity contribution in [2.45, 2.75) is 0 Å². The summed E-state index contributed by atoms with van der Waals surface area (Å²) in [5, 5.41) is 5.58. The Morgan fingerprint density at radius 1 is 0.972 bits per heavy atom. The third-order valence-corrected chi connectivity index (χ3v) is 7.25. The highest BCUT2D eigenvalue weighted by atomic mass is 35.5. The number of fused-ring (bicyclic) bond motifs is 1. The van der Waals surface area contributed by atoms with Gasteiger partial charge in [0.1, 0.15) is 15.6 Å². The molecular formula is C25H17Cl3N2O5S. The summed E-state index contributed by atoms with van der Waals surface area (Å²) >= 11 is 19.6. The second-order valence-corrected chi connectivity index (χ2v) is 9.39. The maximum Gasteiger partial charge on any atom is 0.355 e. The van der Waals surface area contributed by atoms with Crippen LogP contribution in [0.5, 0.6) is 17.2 Å². The minimum absolute atomic E-state index is 0.212. The van der Waals surface area contributed by atoms with E-state index in [1.165, 1.54) is 24.7 Å². The van der Waals surface area contributed by atoms with Gasteiger partial charge in [-0.05, 0) is 42.0 Å². The van der Waals surface area contributed by atoms with Crippen molar-refractivity contribution in [2.75, 3.05) is 13.7 Å². The normalized spacial score (nSPS) is 11.0. The molecule has 1 heterocycles. The van der Waals surface area contributed by atoms with Gasteiger partial charge in [0, 0.05) is 10.1 Å². The predicted molar refractivity (Wildman–Crippen MR) is 142 cm³/mol. The van der Waals surface area contributed by atoms with Crippen molar-refractivity contribution in [2.24, 2.45) is 5.10 Å². The van der Waals surface area contributed by atoms with E-state index in [2.05, 4.69) is 10.5 Å². The lowest BCUT2D eigenvalue weighted by Gasteiger charge is -2.09. The predicted octanol–water partition coefficient (Wildman–Crippen LogP) is 6.62. The lowest BCUT2D eigenvalue weighted by atomic mass is 10.2. The highest BCUT2D eigenvalue weighted by Crippen LogP contribution is 2.37. The summed E-state index contributed by atoms with van der Waals surface area (Å²) in [6.45, 7) is -0.310. The fourth-order valence-electron chi connectivity index (χ4n) is 3.09. The maximum atomic E-state index is 12.8. The van der Waals surface area contributed by atoms with Crippen LogP contribution in [0.2, 0.25) is 15.1 Å². The number of esters is 1. The molecule has 0 radical (unpaired) electrons. The number of ether oxygens (including phenoxy) is 3. The average Bonchev–Trinajstić information content (AvgIpc) is 3.22. The summed E-state index contributed by atoms with van der Waals surface area (Å²) in [7, 11) is 1.44. The summed E-state index contributed by atoms with van der Waals surface area (Å²) in [5.74, 6) is -0.290. The van der Waals surface area contributed by atoms with Crippen LogP contribution < -0.4 is 19.6 Å². The van der Waals surface area contributed by atoms with Crippen LogP contribution in [0, 0.1) is 0 Å². The molecular weight excluding hydrogens is 547 g/mol. The van der Waals surface area contributed by atoms with E-state index in [0.29, 0.717) is 26.2 Å². The number of nitrogens with zero attached hydrogens (tertiary/aromatic N) is 1. The Morgan fingerprint density at radius 2 is 1.78 bits per heavy atom. The minimum Gasteiger partial charge on any atom is -0.493 e. The van der Waals surface area contributed by atoms with E-state index < -0.39 is 11.9 Å². The van der Waals surface area contributed by atoms with E-state index in [1.54, 1.807) is 36.4 Å². The fraction of sp³-hybridized carbons (Fsp3) is 0.0800. The molecule has 36 heavy (non-hydrogen) atoms. The summed E-state index contributed by atoms with van der Waals surface area (Å²) in [5.41, 5.74) is 2.94. The quantitative estimate of drug-likeness (QED) is 0.113. The molecule has 184 valence electrons. The van der Waals surface area contributed by atoms with Crippen molar-refractivity contribution >= 4 is 74.3 Å². The fourth-order valence-corrected chi connectivity index (χ4v) is 4.82. The van der Waals surface area contributed by atoms with Crippen molar-refractivity contribution in [1.82, 2.24) is 5.43 Å². The largest absolute Gasteiger partial charge is 0.493 e. The van der Waals surface area contributed by atoms with Crippen LogP contribution in [0.25, 0.3) is 10.1 Å². The number of nitrogens with one attached hydrogen (secondary N) is 1. The molecule has 1 amide bonds. The number of hydrogen-bond acceptors (Lipinski definition) is 7. The first-order chi connectivity index (χ1) is 17.4. The van der Waals surface area contributed by atoms with Crippen LogP contribution in [0.3, 0.4) is 0 Å². The number of carbonyl (C=O) groups is 2. The van der Waals surface area contributed by atoms with Gasteiger partial charge in [0.05, 0.1) is 23.4 Å². The number of methoxy groups -OCH3 is 1. The maximum absolute atomic E-state index is 12.8. The Labute approximate surface area is 225 Å². The summed E-state index contributed by atoms with van der Waals surface area (Å²) < 4.78 is 17.1. The molecule has 11 heteroatoms. The van der Waals surface area contributed by atoms with Gasteiger partial charge >= 0.3 is 5.97 Å². The van der Waals surface area contributed by atoms with Crippen molar-refractivity contribution in [3.63, 3.8) is 0 Å². The molecule has 1 aromatic heterocycles. The number of benzene rings is 3. The van der Waals surface area contributed by atoms with E-state index in [4.69, 9.17) is 49.0 Å². The van der Waals surface area contributed by atoms with E-state index in [0.717, 1.165) is 10.1 Å². The molecule has 0 atom stereocenters. The third kappa shape index (κ3) is 5.91. The second-order valence-electron chi connectivity index (χ2n) is 7.17. The highest BCUT2D eigenvalue weighted by molar-refractivity contribution is 7.21. The Hall–Kier alpha value is -3.30. The zero-order valence-corrected chi connectivity index (χ0v) is 21.7. The Bertz CT molecular complexity index is 1470. The lowest BCUT2D eigenvalue weighted by Crippen LogP contribution is -2.24. The summed E-state index contributed by atoms with van der Waals surface area (Å²) in [4.78, 5) is 25.1. The first-order valence-corrected chi connectivity index (χ1v) is 12.3. The molecule has 7 nitrogen and oxygen atoms in total. The van der Waals surface area contributed by atoms with Gasteiger partial charge in [-0.15, -0.1) is 11.3 Å². The Kier molecular flexibility index (Phi) is 8.32. The van der Waals surface area contributed by atoms with E-state index in [-0.39, 0.29) is 23.1 Å². The van der Waals surface area contributed by atoms with E-state index >= 15 is 0 Å². The van der Waals surface area contributed by atoms with Crippen molar-refractivity contribution in [1.29, 1.82) is 0 Å². The van der Waals surface area contributed by atoms with Crippen LogP contribution in [-0.2, 0) is 4.79 Å². The molecule has 0 fully saturated rings. The molecule has 4 aromatic rings. The number of rotatable bonds is 8. The number of hydrogen-bond donors (Lipinski definition) is 1. The highest BCUT2D eigenvalue weighted by Gasteiger charge is 2.20. The molecule has 4 rings (SSSR count). The molecule has 0 aliphatic heterocycles. The van der Waals surface area contributed by atoms with Gasteiger partial charge in [0.25, 0.3) is 5.91 Å². The van der Waals surface area contributed by atoms with Gasteiger partial charge in [0.15, 0.2) is 18.1 Å².